The van der Waals surface area contributed by atoms with Crippen LogP contribution in [0.2, 0.25) is 0 Å². The topological polar surface area (TPSA) is 53.0 Å². The van der Waals surface area contributed by atoms with Gasteiger partial charge in [-0.15, -0.1) is 24.0 Å². The van der Waals surface area contributed by atoms with Gasteiger partial charge >= 0.3 is 0 Å². The second-order valence-electron chi connectivity index (χ2n) is 6.57. The Labute approximate surface area is 173 Å². The van der Waals surface area contributed by atoms with Gasteiger partial charge in [-0.1, -0.05) is 25.1 Å². The molecule has 1 atom stereocenters. The summed E-state index contributed by atoms with van der Waals surface area (Å²) in [4.78, 5) is 13.7. The Hall–Kier alpha value is -1.35. The Balaban J connectivity index is 0.00000243. The van der Waals surface area contributed by atoms with Crippen molar-refractivity contribution in [3.63, 3.8) is 0 Å². The van der Waals surface area contributed by atoms with Crippen LogP contribution in [-0.2, 0) is 6.54 Å². The highest BCUT2D eigenvalue weighted by molar-refractivity contribution is 14.0. The van der Waals surface area contributed by atoms with Crippen molar-refractivity contribution < 1.29 is 4.74 Å². The third-order valence-electron chi connectivity index (χ3n) is 4.74. The fourth-order valence-corrected chi connectivity index (χ4v) is 3.35. The maximum atomic E-state index is 5.53. The Morgan fingerprint density at radius 2 is 2.15 bits per heavy atom. The lowest BCUT2D eigenvalue weighted by molar-refractivity contribution is 0.259. The van der Waals surface area contributed by atoms with E-state index in [1.54, 1.807) is 0 Å². The molecule has 3 rings (SSSR count). The zero-order valence-corrected chi connectivity index (χ0v) is 18.1. The molecule has 1 aromatic heterocycles. The molecule has 1 fully saturated rings. The minimum Gasteiger partial charge on any atom is -0.478 e. The summed E-state index contributed by atoms with van der Waals surface area (Å²) in [5, 5.41) is 3.46. The highest BCUT2D eigenvalue weighted by Gasteiger charge is 2.29. The van der Waals surface area contributed by atoms with Crippen LogP contribution in [0, 0.1) is 0 Å². The number of halogens is 1. The molecule has 1 N–H and O–H groups in total. The van der Waals surface area contributed by atoms with Crippen molar-refractivity contribution >= 4 is 29.9 Å². The zero-order chi connectivity index (χ0) is 17.5. The van der Waals surface area contributed by atoms with Crippen molar-refractivity contribution in [1.82, 2.24) is 20.1 Å². The molecule has 7 heteroatoms. The van der Waals surface area contributed by atoms with E-state index in [0.717, 1.165) is 50.7 Å². The van der Waals surface area contributed by atoms with E-state index in [2.05, 4.69) is 50.2 Å². The number of pyridine rings is 1. The minimum absolute atomic E-state index is 0. The average Bonchev–Trinajstić information content (AvgIpc) is 3.33. The van der Waals surface area contributed by atoms with E-state index >= 15 is 0 Å². The third-order valence-corrected chi connectivity index (χ3v) is 4.74. The average molecular weight is 471 g/mol. The first-order chi connectivity index (χ1) is 12.3. The van der Waals surface area contributed by atoms with Crippen molar-refractivity contribution in [3.05, 3.63) is 36.0 Å². The molecule has 3 heterocycles. The smallest absolute Gasteiger partial charge is 0.213 e. The summed E-state index contributed by atoms with van der Waals surface area (Å²) in [6, 6.07) is 4.62. The molecule has 0 bridgehead atoms. The van der Waals surface area contributed by atoms with Crippen LogP contribution in [0.3, 0.4) is 0 Å². The van der Waals surface area contributed by atoms with Gasteiger partial charge in [0.05, 0.1) is 6.61 Å². The van der Waals surface area contributed by atoms with E-state index in [4.69, 9.17) is 4.74 Å². The number of aromatic nitrogens is 1. The molecule has 0 saturated carbocycles. The predicted molar refractivity (Wildman–Crippen MR) is 116 cm³/mol. The first kappa shape index (κ1) is 21.0. The quantitative estimate of drug-likeness (QED) is 0.299. The fraction of sp³-hybridized carbons (Fsp3) is 0.579. The molecule has 6 nitrogen and oxygen atoms in total. The van der Waals surface area contributed by atoms with Crippen LogP contribution >= 0.6 is 24.0 Å². The van der Waals surface area contributed by atoms with Crippen molar-refractivity contribution in [1.29, 1.82) is 0 Å². The second kappa shape index (κ2) is 10.7. The van der Waals surface area contributed by atoms with Crippen LogP contribution in [0.15, 0.2) is 35.5 Å². The van der Waals surface area contributed by atoms with Gasteiger partial charge in [-0.25, -0.2) is 4.98 Å². The van der Waals surface area contributed by atoms with Gasteiger partial charge in [0, 0.05) is 58.1 Å². The van der Waals surface area contributed by atoms with Gasteiger partial charge in [-0.3, -0.25) is 9.89 Å². The summed E-state index contributed by atoms with van der Waals surface area (Å²) in [5.74, 6) is 1.66. The first-order valence-corrected chi connectivity index (χ1v) is 9.22. The maximum absolute atomic E-state index is 5.53. The fourth-order valence-electron chi connectivity index (χ4n) is 3.35. The Bertz CT molecular complexity index is 596. The Kier molecular flexibility index (Phi) is 8.64. The molecule has 2 aliphatic heterocycles. The Morgan fingerprint density at radius 1 is 1.35 bits per heavy atom. The van der Waals surface area contributed by atoms with Gasteiger partial charge in [-0.05, 0) is 18.4 Å². The molecule has 1 saturated heterocycles. The van der Waals surface area contributed by atoms with E-state index in [0.29, 0.717) is 18.5 Å². The van der Waals surface area contributed by atoms with Crippen LogP contribution in [-0.4, -0.2) is 66.6 Å². The lowest BCUT2D eigenvalue weighted by Crippen LogP contribution is -2.42. The number of aliphatic imine (C=N–C) groups is 1. The number of guanidine groups is 1. The highest BCUT2D eigenvalue weighted by Crippen LogP contribution is 2.18. The molecular weight excluding hydrogens is 441 g/mol. The van der Waals surface area contributed by atoms with Gasteiger partial charge in [0.15, 0.2) is 5.96 Å². The predicted octanol–water partition coefficient (Wildman–Crippen LogP) is 2.51. The van der Waals surface area contributed by atoms with E-state index in [9.17, 15) is 0 Å². The standard InChI is InChI=1S/C19H29N5O.HI/c1-3-12-25-18-7-6-16(13-21-18)14-22-19(20-2)24-11-8-17(15-24)23-9-4-5-10-23;/h4-7,13,17H,3,8-12,14-15H2,1-2H3,(H,20,22);1H. The van der Waals surface area contributed by atoms with Gasteiger partial charge in [-0.2, -0.15) is 0 Å². The van der Waals surface area contributed by atoms with Crippen molar-refractivity contribution in [2.24, 2.45) is 4.99 Å². The number of nitrogens with one attached hydrogen (secondary N) is 1. The molecule has 1 aromatic rings. The van der Waals surface area contributed by atoms with E-state index in [-0.39, 0.29) is 24.0 Å². The number of likely N-dealkylation sites (tertiary alicyclic amines) is 1. The molecule has 0 spiro atoms. The zero-order valence-electron chi connectivity index (χ0n) is 15.7. The van der Waals surface area contributed by atoms with E-state index in [1.807, 2.05) is 19.3 Å². The van der Waals surface area contributed by atoms with Crippen molar-refractivity contribution in [2.75, 3.05) is 39.8 Å². The molecule has 0 aromatic carbocycles. The molecule has 1 unspecified atom stereocenters. The SMILES string of the molecule is CCCOc1ccc(CNC(=NC)N2CCC(N3CC=CC3)C2)cn1.I. The van der Waals surface area contributed by atoms with E-state index < -0.39 is 0 Å². The van der Waals surface area contributed by atoms with E-state index in [1.165, 1.54) is 6.42 Å². The number of hydrogen-bond donors (Lipinski definition) is 1. The minimum atomic E-state index is 0. The van der Waals surface area contributed by atoms with Crippen LogP contribution in [0.4, 0.5) is 0 Å². The summed E-state index contributed by atoms with van der Waals surface area (Å²) in [6.07, 6.45) is 8.58. The highest BCUT2D eigenvalue weighted by atomic mass is 127. The summed E-state index contributed by atoms with van der Waals surface area (Å²) in [6.45, 7) is 7.80. The number of hydrogen-bond acceptors (Lipinski definition) is 4. The molecule has 144 valence electrons. The molecular formula is C19H30IN5O. The monoisotopic (exact) mass is 471 g/mol. The summed E-state index contributed by atoms with van der Waals surface area (Å²) >= 11 is 0. The number of nitrogens with zero attached hydrogens (tertiary/aromatic N) is 4. The van der Waals surface area contributed by atoms with Crippen LogP contribution in [0.25, 0.3) is 0 Å². The molecule has 2 aliphatic rings. The molecule has 0 amide bonds. The summed E-state index contributed by atoms with van der Waals surface area (Å²) in [5.41, 5.74) is 1.13. The van der Waals surface area contributed by atoms with Gasteiger partial charge in [0.1, 0.15) is 0 Å². The number of ether oxygens (including phenoxy) is 1. The Morgan fingerprint density at radius 3 is 2.81 bits per heavy atom. The van der Waals surface area contributed by atoms with Gasteiger partial charge < -0.3 is 15.0 Å². The lowest BCUT2D eigenvalue weighted by Gasteiger charge is -2.25. The molecule has 0 radical (unpaired) electrons. The maximum Gasteiger partial charge on any atom is 0.213 e. The van der Waals surface area contributed by atoms with Crippen LogP contribution in [0.1, 0.15) is 25.3 Å². The third kappa shape index (κ3) is 5.57. The van der Waals surface area contributed by atoms with Gasteiger partial charge in [0.25, 0.3) is 0 Å². The van der Waals surface area contributed by atoms with Crippen LogP contribution < -0.4 is 10.1 Å². The molecule has 26 heavy (non-hydrogen) atoms. The van der Waals surface area contributed by atoms with Gasteiger partial charge in [0.2, 0.25) is 5.88 Å². The first-order valence-electron chi connectivity index (χ1n) is 9.22. The lowest BCUT2D eigenvalue weighted by atomic mass is 10.2. The molecule has 0 aliphatic carbocycles. The largest absolute Gasteiger partial charge is 0.478 e. The second-order valence-corrected chi connectivity index (χ2v) is 6.57. The van der Waals surface area contributed by atoms with Crippen LogP contribution in [0.5, 0.6) is 5.88 Å². The van der Waals surface area contributed by atoms with Crippen molar-refractivity contribution in [2.45, 2.75) is 32.4 Å². The van der Waals surface area contributed by atoms with Crippen molar-refractivity contribution in [3.8, 4) is 5.88 Å². The number of rotatable bonds is 6. The summed E-state index contributed by atoms with van der Waals surface area (Å²) < 4.78 is 5.53. The summed E-state index contributed by atoms with van der Waals surface area (Å²) in [7, 11) is 1.85. The normalized spacial score (nSPS) is 20.3.